The molecule has 18 heavy (non-hydrogen) atoms. The molecule has 5 nitrogen and oxygen atoms in total. The number of aliphatic imine (C=N–C) groups is 1. The maximum absolute atomic E-state index is 11.8. The van der Waals surface area contributed by atoms with Gasteiger partial charge in [0.25, 0.3) is 5.91 Å². The Balaban J connectivity index is 2.13. The zero-order chi connectivity index (χ0) is 12.7. The number of ketones is 1. The number of Topliss-reactive ketones (excluding diaryl/α,β-unsaturated/α-hetero) is 1. The van der Waals surface area contributed by atoms with Gasteiger partial charge in [0.05, 0.1) is 5.69 Å². The minimum atomic E-state index is -0.693. The molecule has 5 heteroatoms. The number of hydrogen-bond donors (Lipinski definition) is 0. The summed E-state index contributed by atoms with van der Waals surface area (Å²) in [5.41, 5.74) is 1.08. The van der Waals surface area contributed by atoms with Gasteiger partial charge in [-0.2, -0.15) is 0 Å². The smallest absolute Gasteiger partial charge is 0.257 e. The maximum Gasteiger partial charge on any atom is 0.257 e. The fourth-order valence-electron chi connectivity index (χ4n) is 1.85. The van der Waals surface area contributed by atoms with E-state index in [-0.39, 0.29) is 11.5 Å². The summed E-state index contributed by atoms with van der Waals surface area (Å²) < 4.78 is 0. The van der Waals surface area contributed by atoms with Gasteiger partial charge in [-0.25, -0.2) is 15.0 Å². The Bertz CT molecular complexity index is 706. The van der Waals surface area contributed by atoms with Crippen LogP contribution in [0.4, 0.5) is 0 Å². The number of pyridine rings is 2. The van der Waals surface area contributed by atoms with Crippen molar-refractivity contribution in [1.82, 2.24) is 9.97 Å². The molecule has 0 aliphatic carbocycles. The molecule has 0 N–H and O–H groups in total. The van der Waals surface area contributed by atoms with E-state index in [1.807, 2.05) is 18.2 Å². The molecule has 1 unspecified atom stereocenters. The first kappa shape index (κ1) is 10.7. The van der Waals surface area contributed by atoms with Crippen LogP contribution in [-0.2, 0) is 9.59 Å². The van der Waals surface area contributed by atoms with E-state index in [0.717, 1.165) is 5.39 Å². The zero-order valence-corrected chi connectivity index (χ0v) is 9.62. The van der Waals surface area contributed by atoms with Gasteiger partial charge in [0.2, 0.25) is 0 Å². The van der Waals surface area contributed by atoms with Crippen molar-refractivity contribution in [2.45, 2.75) is 6.92 Å². The van der Waals surface area contributed by atoms with Crippen LogP contribution in [0.3, 0.4) is 0 Å². The van der Waals surface area contributed by atoms with Crippen LogP contribution in [0.1, 0.15) is 12.6 Å². The molecule has 0 aromatic carbocycles. The maximum atomic E-state index is 11.8. The molecule has 3 heterocycles. The van der Waals surface area contributed by atoms with Crippen LogP contribution in [0.5, 0.6) is 0 Å². The van der Waals surface area contributed by atoms with Gasteiger partial charge in [0.15, 0.2) is 11.4 Å². The summed E-state index contributed by atoms with van der Waals surface area (Å²) >= 11 is 0. The standard InChI is InChI=1S/C13H9N3O2/c1-7-11(17)10(16-13(7)18)9-5-4-8-3-2-6-14-12(8)15-9/h2-7H,1H3. The molecule has 0 fully saturated rings. The summed E-state index contributed by atoms with van der Waals surface area (Å²) in [6.45, 7) is 1.56. The van der Waals surface area contributed by atoms with Gasteiger partial charge >= 0.3 is 0 Å². The predicted molar refractivity (Wildman–Crippen MR) is 65.3 cm³/mol. The molecule has 2 aromatic rings. The lowest BCUT2D eigenvalue weighted by molar-refractivity contribution is -0.126. The van der Waals surface area contributed by atoms with Crippen LogP contribution in [-0.4, -0.2) is 27.4 Å². The molecule has 1 aliphatic rings. The van der Waals surface area contributed by atoms with E-state index in [9.17, 15) is 9.59 Å². The third kappa shape index (κ3) is 1.52. The number of aromatic nitrogens is 2. The minimum Gasteiger partial charge on any atom is -0.291 e. The monoisotopic (exact) mass is 239 g/mol. The number of amides is 1. The highest BCUT2D eigenvalue weighted by Gasteiger charge is 2.34. The van der Waals surface area contributed by atoms with Crippen LogP contribution in [0.25, 0.3) is 11.0 Å². The van der Waals surface area contributed by atoms with Gasteiger partial charge < -0.3 is 0 Å². The molecule has 0 bridgehead atoms. The van der Waals surface area contributed by atoms with Crippen molar-refractivity contribution < 1.29 is 9.59 Å². The Morgan fingerprint density at radius 3 is 2.72 bits per heavy atom. The number of rotatable bonds is 1. The van der Waals surface area contributed by atoms with E-state index >= 15 is 0 Å². The number of fused-ring (bicyclic) bond motifs is 1. The average molecular weight is 239 g/mol. The summed E-state index contributed by atoms with van der Waals surface area (Å²) in [4.78, 5) is 35.4. The Hall–Kier alpha value is -2.43. The third-order valence-corrected chi connectivity index (χ3v) is 2.93. The van der Waals surface area contributed by atoms with Gasteiger partial charge in [0, 0.05) is 11.6 Å². The highest BCUT2D eigenvalue weighted by molar-refractivity contribution is 6.53. The summed E-state index contributed by atoms with van der Waals surface area (Å²) in [5.74, 6) is -1.37. The molecule has 1 atom stereocenters. The number of carbonyl (C=O) groups excluding carboxylic acids is 2. The van der Waals surface area contributed by atoms with Crippen molar-refractivity contribution in [3.63, 3.8) is 0 Å². The first-order chi connectivity index (χ1) is 8.66. The molecule has 1 aliphatic heterocycles. The molecular weight excluding hydrogens is 230 g/mol. The largest absolute Gasteiger partial charge is 0.291 e. The second-order valence-corrected chi connectivity index (χ2v) is 4.13. The quantitative estimate of drug-likeness (QED) is 0.700. The first-order valence-electron chi connectivity index (χ1n) is 5.56. The molecule has 0 spiro atoms. The van der Waals surface area contributed by atoms with Crippen molar-refractivity contribution in [2.24, 2.45) is 10.9 Å². The fourth-order valence-corrected chi connectivity index (χ4v) is 1.85. The van der Waals surface area contributed by atoms with Crippen molar-refractivity contribution in [2.75, 3.05) is 0 Å². The van der Waals surface area contributed by atoms with Crippen LogP contribution >= 0.6 is 0 Å². The lowest BCUT2D eigenvalue weighted by Crippen LogP contribution is -2.19. The molecule has 1 amide bonds. The minimum absolute atomic E-state index is 0.139. The zero-order valence-electron chi connectivity index (χ0n) is 9.62. The van der Waals surface area contributed by atoms with Crippen molar-refractivity contribution in [3.05, 3.63) is 36.2 Å². The molecule has 0 saturated heterocycles. The van der Waals surface area contributed by atoms with E-state index in [1.165, 1.54) is 0 Å². The molecule has 0 radical (unpaired) electrons. The first-order valence-corrected chi connectivity index (χ1v) is 5.56. The van der Waals surface area contributed by atoms with Crippen LogP contribution in [0, 0.1) is 5.92 Å². The molecule has 2 aromatic heterocycles. The number of hydrogen-bond acceptors (Lipinski definition) is 4. The van der Waals surface area contributed by atoms with Crippen molar-refractivity contribution >= 4 is 28.4 Å². The molecule has 3 rings (SSSR count). The normalized spacial score (nSPS) is 19.4. The lowest BCUT2D eigenvalue weighted by atomic mass is 10.0. The van der Waals surface area contributed by atoms with E-state index in [4.69, 9.17) is 0 Å². The summed E-state index contributed by atoms with van der Waals surface area (Å²) in [7, 11) is 0. The van der Waals surface area contributed by atoms with Crippen molar-refractivity contribution in [1.29, 1.82) is 0 Å². The van der Waals surface area contributed by atoms with Crippen LogP contribution < -0.4 is 0 Å². The van der Waals surface area contributed by atoms with E-state index < -0.39 is 11.8 Å². The van der Waals surface area contributed by atoms with E-state index in [2.05, 4.69) is 15.0 Å². The van der Waals surface area contributed by atoms with E-state index in [0.29, 0.717) is 11.3 Å². The summed E-state index contributed by atoms with van der Waals surface area (Å²) in [5, 5.41) is 0.881. The fraction of sp³-hybridized carbons (Fsp3) is 0.154. The second-order valence-electron chi connectivity index (χ2n) is 4.13. The SMILES string of the molecule is CC1C(=O)N=C(c2ccc3cccnc3n2)C1=O. The van der Waals surface area contributed by atoms with Crippen LogP contribution in [0.15, 0.2) is 35.5 Å². The lowest BCUT2D eigenvalue weighted by Gasteiger charge is -2.01. The number of nitrogens with zero attached hydrogens (tertiary/aromatic N) is 3. The van der Waals surface area contributed by atoms with Crippen LogP contribution in [0.2, 0.25) is 0 Å². The van der Waals surface area contributed by atoms with Gasteiger partial charge in [0.1, 0.15) is 11.6 Å². The van der Waals surface area contributed by atoms with Gasteiger partial charge in [-0.1, -0.05) is 0 Å². The Morgan fingerprint density at radius 1 is 1.17 bits per heavy atom. The number of carbonyl (C=O) groups is 2. The van der Waals surface area contributed by atoms with Gasteiger partial charge in [-0.3, -0.25) is 9.59 Å². The second kappa shape index (κ2) is 3.80. The van der Waals surface area contributed by atoms with Gasteiger partial charge in [-0.05, 0) is 31.2 Å². The highest BCUT2D eigenvalue weighted by Crippen LogP contribution is 2.17. The Morgan fingerprint density at radius 2 is 2.00 bits per heavy atom. The average Bonchev–Trinajstić information content (AvgIpc) is 2.66. The molecular formula is C13H9N3O2. The summed E-state index contributed by atoms with van der Waals surface area (Å²) in [6.07, 6.45) is 1.63. The molecule has 88 valence electrons. The van der Waals surface area contributed by atoms with Gasteiger partial charge in [-0.15, -0.1) is 0 Å². The van der Waals surface area contributed by atoms with E-state index in [1.54, 1.807) is 19.2 Å². The Labute approximate surface area is 103 Å². The molecule has 0 saturated carbocycles. The third-order valence-electron chi connectivity index (χ3n) is 2.93. The predicted octanol–water partition coefficient (Wildman–Crippen LogP) is 1.16. The highest BCUT2D eigenvalue weighted by atomic mass is 16.2. The Kier molecular flexibility index (Phi) is 2.26. The summed E-state index contributed by atoms with van der Waals surface area (Å²) in [6, 6.07) is 7.19. The topological polar surface area (TPSA) is 72.3 Å². The van der Waals surface area contributed by atoms with Crippen molar-refractivity contribution in [3.8, 4) is 0 Å².